The number of hydrogen-bond acceptors (Lipinski definition) is 8. The minimum Gasteiger partial charge on any atom is -0.454 e. The number of non-ortho nitro benzene ring substituents is 1. The fraction of sp³-hybridized carbons (Fsp3) is 0.273. The van der Waals surface area contributed by atoms with Crippen molar-refractivity contribution < 1.29 is 23.7 Å². The number of nitro groups is 1. The van der Waals surface area contributed by atoms with Gasteiger partial charge in [0.25, 0.3) is 17.5 Å². The number of nitrogens with one attached hydrogen (secondary N) is 1. The second kappa shape index (κ2) is 10.7. The summed E-state index contributed by atoms with van der Waals surface area (Å²) in [5, 5.41) is 21.7. The molecule has 33 heavy (non-hydrogen) atoms. The Morgan fingerprint density at radius 2 is 1.82 bits per heavy atom. The molecule has 0 unspecified atom stereocenters. The van der Waals surface area contributed by atoms with E-state index >= 15 is 0 Å². The number of halogens is 1. The van der Waals surface area contributed by atoms with Crippen molar-refractivity contribution in [2.75, 3.05) is 0 Å². The Balaban J connectivity index is 1.63. The molecule has 0 fully saturated rings. The molecule has 0 spiro atoms. The summed E-state index contributed by atoms with van der Waals surface area (Å²) in [6.45, 7) is 3.43. The van der Waals surface area contributed by atoms with E-state index in [-0.39, 0.29) is 30.0 Å². The highest BCUT2D eigenvalue weighted by molar-refractivity contribution is 6.30. The Hall–Kier alpha value is -3.79. The van der Waals surface area contributed by atoms with Gasteiger partial charge in [0.05, 0.1) is 4.92 Å². The summed E-state index contributed by atoms with van der Waals surface area (Å²) in [4.78, 5) is 35.5. The number of amides is 1. The summed E-state index contributed by atoms with van der Waals surface area (Å²) in [6, 6.07) is 11.0. The van der Waals surface area contributed by atoms with Gasteiger partial charge in [-0.05, 0) is 42.3 Å². The first-order valence-corrected chi connectivity index (χ1v) is 10.5. The lowest BCUT2D eigenvalue weighted by Crippen LogP contribution is -2.46. The average Bonchev–Trinajstić information content (AvgIpc) is 3.30. The van der Waals surface area contributed by atoms with E-state index in [9.17, 15) is 19.7 Å². The van der Waals surface area contributed by atoms with Crippen LogP contribution in [0.25, 0.3) is 11.5 Å². The van der Waals surface area contributed by atoms with E-state index in [1.165, 1.54) is 24.3 Å². The molecule has 3 aromatic rings. The van der Waals surface area contributed by atoms with Crippen LogP contribution in [-0.2, 0) is 16.1 Å². The number of esters is 1. The predicted molar refractivity (Wildman–Crippen MR) is 118 cm³/mol. The number of nitro benzene ring substituents is 1. The van der Waals surface area contributed by atoms with Gasteiger partial charge in [-0.3, -0.25) is 14.9 Å². The summed E-state index contributed by atoms with van der Waals surface area (Å²) >= 11 is 5.85. The molecular formula is C22H21ClN4O6. The Morgan fingerprint density at radius 1 is 1.15 bits per heavy atom. The molecule has 1 heterocycles. The summed E-state index contributed by atoms with van der Waals surface area (Å²) < 4.78 is 10.8. The molecule has 1 aromatic heterocycles. The fourth-order valence-corrected chi connectivity index (χ4v) is 3.00. The van der Waals surface area contributed by atoms with Gasteiger partial charge in [-0.2, -0.15) is 0 Å². The van der Waals surface area contributed by atoms with Gasteiger partial charge in [-0.25, -0.2) is 4.79 Å². The summed E-state index contributed by atoms with van der Waals surface area (Å²) in [7, 11) is 0. The SMILES string of the molecule is CC[C@H](C)[C@H](NC(=O)c1ccc(Cl)cc1)C(=O)OCc1nnc(-c2ccc([N+](=O)[O-])cc2)o1. The van der Waals surface area contributed by atoms with Crippen molar-refractivity contribution in [3.63, 3.8) is 0 Å². The van der Waals surface area contributed by atoms with Crippen LogP contribution in [-0.4, -0.2) is 33.0 Å². The third kappa shape index (κ3) is 6.13. The molecule has 0 bridgehead atoms. The van der Waals surface area contributed by atoms with Gasteiger partial charge in [0.2, 0.25) is 5.89 Å². The summed E-state index contributed by atoms with van der Waals surface area (Å²) in [5.74, 6) is -1.07. The van der Waals surface area contributed by atoms with Gasteiger partial charge in [-0.1, -0.05) is 31.9 Å². The molecular weight excluding hydrogens is 452 g/mol. The molecule has 2 aromatic carbocycles. The number of nitrogens with zero attached hydrogens (tertiary/aromatic N) is 3. The molecule has 10 nitrogen and oxygen atoms in total. The van der Waals surface area contributed by atoms with Crippen LogP contribution in [0.4, 0.5) is 5.69 Å². The second-order valence-corrected chi connectivity index (χ2v) is 7.69. The fourth-order valence-electron chi connectivity index (χ4n) is 2.87. The number of carbonyl (C=O) groups excluding carboxylic acids is 2. The molecule has 0 aliphatic carbocycles. The lowest BCUT2D eigenvalue weighted by Gasteiger charge is -2.22. The van der Waals surface area contributed by atoms with E-state index < -0.39 is 22.8 Å². The summed E-state index contributed by atoms with van der Waals surface area (Å²) in [5.41, 5.74) is 0.785. The van der Waals surface area contributed by atoms with Crippen LogP contribution in [0.3, 0.4) is 0 Å². The van der Waals surface area contributed by atoms with Crippen molar-refractivity contribution in [3.05, 3.63) is 75.1 Å². The van der Waals surface area contributed by atoms with E-state index in [2.05, 4.69) is 15.5 Å². The minimum absolute atomic E-state index is 0.0450. The van der Waals surface area contributed by atoms with E-state index in [1.54, 1.807) is 24.3 Å². The molecule has 11 heteroatoms. The first-order valence-electron chi connectivity index (χ1n) is 10.1. The molecule has 172 valence electrons. The Morgan fingerprint density at radius 3 is 2.42 bits per heavy atom. The normalized spacial score (nSPS) is 12.6. The van der Waals surface area contributed by atoms with Gasteiger partial charge in [-0.15, -0.1) is 10.2 Å². The highest BCUT2D eigenvalue weighted by Crippen LogP contribution is 2.21. The zero-order valence-electron chi connectivity index (χ0n) is 17.9. The van der Waals surface area contributed by atoms with E-state index in [4.69, 9.17) is 20.8 Å². The first-order chi connectivity index (χ1) is 15.8. The quantitative estimate of drug-likeness (QED) is 0.278. The summed E-state index contributed by atoms with van der Waals surface area (Å²) in [6.07, 6.45) is 0.630. The lowest BCUT2D eigenvalue weighted by atomic mass is 9.99. The Kier molecular flexibility index (Phi) is 7.73. The van der Waals surface area contributed by atoms with Gasteiger partial charge >= 0.3 is 5.97 Å². The topological polar surface area (TPSA) is 137 Å². The maximum absolute atomic E-state index is 12.7. The molecule has 1 N–H and O–H groups in total. The monoisotopic (exact) mass is 472 g/mol. The maximum atomic E-state index is 12.7. The lowest BCUT2D eigenvalue weighted by molar-refractivity contribution is -0.384. The van der Waals surface area contributed by atoms with Crippen molar-refractivity contribution >= 4 is 29.2 Å². The average molecular weight is 473 g/mol. The van der Waals surface area contributed by atoms with Crippen LogP contribution in [0.15, 0.2) is 52.9 Å². The number of aromatic nitrogens is 2. The van der Waals surface area contributed by atoms with Crippen molar-refractivity contribution in [2.24, 2.45) is 5.92 Å². The number of rotatable bonds is 9. The molecule has 2 atom stereocenters. The molecule has 0 aliphatic heterocycles. The van der Waals surface area contributed by atoms with Crippen molar-refractivity contribution in [3.8, 4) is 11.5 Å². The van der Waals surface area contributed by atoms with E-state index in [0.717, 1.165) is 0 Å². The number of benzene rings is 2. The number of hydrogen-bond donors (Lipinski definition) is 1. The highest BCUT2D eigenvalue weighted by Gasteiger charge is 2.28. The van der Waals surface area contributed by atoms with Gasteiger partial charge in [0.1, 0.15) is 6.04 Å². The maximum Gasteiger partial charge on any atom is 0.329 e. The van der Waals surface area contributed by atoms with Crippen LogP contribution < -0.4 is 5.32 Å². The zero-order valence-corrected chi connectivity index (χ0v) is 18.6. The minimum atomic E-state index is -0.879. The molecule has 0 saturated carbocycles. The van der Waals surface area contributed by atoms with Gasteiger partial charge < -0.3 is 14.5 Å². The second-order valence-electron chi connectivity index (χ2n) is 7.26. The van der Waals surface area contributed by atoms with Gasteiger partial charge in [0.15, 0.2) is 6.61 Å². The largest absolute Gasteiger partial charge is 0.454 e. The van der Waals surface area contributed by atoms with Crippen LogP contribution >= 0.6 is 11.6 Å². The first kappa shape index (κ1) is 23.9. The highest BCUT2D eigenvalue weighted by atomic mass is 35.5. The third-order valence-electron chi connectivity index (χ3n) is 4.99. The molecule has 0 aliphatic rings. The van der Waals surface area contributed by atoms with Crippen molar-refractivity contribution in [2.45, 2.75) is 32.9 Å². The van der Waals surface area contributed by atoms with E-state index in [1.807, 2.05) is 13.8 Å². The van der Waals surface area contributed by atoms with Crippen molar-refractivity contribution in [1.82, 2.24) is 15.5 Å². The van der Waals surface area contributed by atoms with Crippen LogP contribution in [0, 0.1) is 16.0 Å². The standard InChI is InChI=1S/C22H21ClN4O6/c1-3-13(2)19(24-20(28)14-4-8-16(23)9-5-14)22(29)32-12-18-25-26-21(33-18)15-6-10-17(11-7-15)27(30)31/h4-11,13,19H,3,12H2,1-2H3,(H,24,28)/t13-,19-/m0/s1. The van der Waals surface area contributed by atoms with Crippen molar-refractivity contribution in [1.29, 1.82) is 0 Å². The molecule has 1 amide bonds. The number of carbonyl (C=O) groups is 2. The van der Waals surface area contributed by atoms with Crippen LogP contribution in [0.1, 0.15) is 36.5 Å². The molecule has 0 saturated heterocycles. The third-order valence-corrected chi connectivity index (χ3v) is 5.24. The smallest absolute Gasteiger partial charge is 0.329 e. The van der Waals surface area contributed by atoms with Crippen LogP contribution in [0.2, 0.25) is 5.02 Å². The molecule has 0 radical (unpaired) electrons. The predicted octanol–water partition coefficient (Wildman–Crippen LogP) is 4.19. The molecule has 3 rings (SSSR count). The Bertz CT molecular complexity index is 1130. The van der Waals surface area contributed by atoms with Crippen LogP contribution in [0.5, 0.6) is 0 Å². The van der Waals surface area contributed by atoms with E-state index in [0.29, 0.717) is 22.6 Å². The Labute approximate surface area is 194 Å². The zero-order chi connectivity index (χ0) is 24.0. The number of ether oxygens (including phenoxy) is 1. The van der Waals surface area contributed by atoms with Gasteiger partial charge in [0, 0.05) is 28.3 Å².